The van der Waals surface area contributed by atoms with E-state index in [9.17, 15) is 9.59 Å². The van der Waals surface area contributed by atoms with Crippen LogP contribution in [-0.2, 0) is 24.4 Å². The average molecular weight is 481 g/mol. The van der Waals surface area contributed by atoms with Crippen LogP contribution in [0.25, 0.3) is 0 Å². The molecule has 188 valence electrons. The molecule has 2 aliphatic rings. The van der Waals surface area contributed by atoms with E-state index in [4.69, 9.17) is 18.9 Å². The van der Waals surface area contributed by atoms with Crippen molar-refractivity contribution < 1.29 is 28.5 Å². The molecule has 2 fully saturated rings. The Bertz CT molecular complexity index is 935. The lowest BCUT2D eigenvalue weighted by Gasteiger charge is -2.39. The van der Waals surface area contributed by atoms with Gasteiger partial charge in [0.25, 0.3) is 0 Å². The van der Waals surface area contributed by atoms with Gasteiger partial charge in [-0.2, -0.15) is 0 Å². The summed E-state index contributed by atoms with van der Waals surface area (Å²) in [5.74, 6) is -0.620. The molecule has 0 spiro atoms. The van der Waals surface area contributed by atoms with Crippen molar-refractivity contribution in [3.63, 3.8) is 0 Å². The normalized spacial score (nSPS) is 18.2. The number of hydrogen-bond acceptors (Lipinski definition) is 6. The molecule has 0 radical (unpaired) electrons. The zero-order valence-corrected chi connectivity index (χ0v) is 21.2. The molecule has 2 heterocycles. The largest absolute Gasteiger partial charge is 0.461 e. The highest BCUT2D eigenvalue weighted by Gasteiger charge is 2.39. The van der Waals surface area contributed by atoms with E-state index in [0.717, 1.165) is 24.0 Å². The van der Waals surface area contributed by atoms with E-state index in [1.54, 1.807) is 0 Å². The molecule has 6 nitrogen and oxygen atoms in total. The fourth-order valence-electron chi connectivity index (χ4n) is 4.38. The molecule has 2 saturated heterocycles. The van der Waals surface area contributed by atoms with Crippen LogP contribution in [0.3, 0.4) is 0 Å². The summed E-state index contributed by atoms with van der Waals surface area (Å²) < 4.78 is 21.7. The lowest BCUT2D eigenvalue weighted by atomic mass is 9.78. The zero-order chi connectivity index (χ0) is 25.1. The summed E-state index contributed by atoms with van der Waals surface area (Å²) in [6.07, 6.45) is 1.86. The third kappa shape index (κ3) is 5.29. The van der Waals surface area contributed by atoms with E-state index in [0.29, 0.717) is 50.8 Å². The SMILES string of the molecule is CCC1(COC(=O)c2ccc(C(C)(C)c3ccc(C(=O)OCC4(CC)COC4)cc3)cc2)COC1. The quantitative estimate of drug-likeness (QED) is 0.437. The Morgan fingerprint density at radius 3 is 1.31 bits per heavy atom. The van der Waals surface area contributed by atoms with Crippen molar-refractivity contribution in [1.29, 1.82) is 0 Å². The van der Waals surface area contributed by atoms with Gasteiger partial charge in [0, 0.05) is 5.41 Å². The Balaban J connectivity index is 1.36. The van der Waals surface area contributed by atoms with Crippen LogP contribution in [0, 0.1) is 10.8 Å². The first-order chi connectivity index (χ1) is 16.7. The number of carbonyl (C=O) groups excluding carboxylic acids is 2. The maximum atomic E-state index is 12.5. The van der Waals surface area contributed by atoms with Crippen molar-refractivity contribution in [2.45, 2.75) is 46.0 Å². The highest BCUT2D eigenvalue weighted by molar-refractivity contribution is 5.90. The van der Waals surface area contributed by atoms with E-state index in [-0.39, 0.29) is 28.2 Å². The van der Waals surface area contributed by atoms with Crippen molar-refractivity contribution in [3.8, 4) is 0 Å². The van der Waals surface area contributed by atoms with E-state index in [1.165, 1.54) is 0 Å². The Morgan fingerprint density at radius 1 is 0.714 bits per heavy atom. The summed E-state index contributed by atoms with van der Waals surface area (Å²) >= 11 is 0. The number of carbonyl (C=O) groups is 2. The predicted octanol–water partition coefficient (Wildman–Crippen LogP) is 5.18. The number of ether oxygens (including phenoxy) is 4. The molecule has 0 aliphatic carbocycles. The van der Waals surface area contributed by atoms with E-state index in [2.05, 4.69) is 27.7 Å². The average Bonchev–Trinajstić information content (AvgIpc) is 2.83. The molecule has 2 aromatic carbocycles. The van der Waals surface area contributed by atoms with Crippen LogP contribution in [-0.4, -0.2) is 51.6 Å². The van der Waals surface area contributed by atoms with Crippen LogP contribution in [0.15, 0.2) is 48.5 Å². The van der Waals surface area contributed by atoms with Gasteiger partial charge in [0.15, 0.2) is 0 Å². The molecule has 0 unspecified atom stereocenters. The highest BCUT2D eigenvalue weighted by atomic mass is 16.6. The van der Waals surface area contributed by atoms with Crippen molar-refractivity contribution >= 4 is 11.9 Å². The molecule has 0 atom stereocenters. The van der Waals surface area contributed by atoms with Crippen molar-refractivity contribution in [1.82, 2.24) is 0 Å². The molecular formula is C29H36O6. The van der Waals surface area contributed by atoms with Gasteiger partial charge in [-0.05, 0) is 48.2 Å². The lowest BCUT2D eigenvalue weighted by molar-refractivity contribution is -0.140. The van der Waals surface area contributed by atoms with Gasteiger partial charge in [-0.15, -0.1) is 0 Å². The molecule has 0 saturated carbocycles. The molecular weight excluding hydrogens is 444 g/mol. The summed E-state index contributed by atoms with van der Waals surface area (Å²) in [6.45, 7) is 11.8. The smallest absolute Gasteiger partial charge is 0.338 e. The second-order valence-corrected chi connectivity index (χ2v) is 10.6. The Kier molecular flexibility index (Phi) is 7.34. The molecule has 6 heteroatoms. The summed E-state index contributed by atoms with van der Waals surface area (Å²) in [4.78, 5) is 25.0. The molecule has 4 rings (SSSR count). The van der Waals surface area contributed by atoms with Gasteiger partial charge in [0.2, 0.25) is 0 Å². The maximum absolute atomic E-state index is 12.5. The van der Waals surface area contributed by atoms with Gasteiger partial charge in [-0.3, -0.25) is 0 Å². The highest BCUT2D eigenvalue weighted by Crippen LogP contribution is 2.34. The van der Waals surface area contributed by atoms with Gasteiger partial charge < -0.3 is 18.9 Å². The maximum Gasteiger partial charge on any atom is 0.338 e. The van der Waals surface area contributed by atoms with Crippen LogP contribution in [0.4, 0.5) is 0 Å². The molecule has 0 bridgehead atoms. The van der Waals surface area contributed by atoms with Gasteiger partial charge in [0.05, 0.1) is 48.4 Å². The number of benzene rings is 2. The topological polar surface area (TPSA) is 71.1 Å². The number of esters is 2. The monoisotopic (exact) mass is 480 g/mol. The molecule has 35 heavy (non-hydrogen) atoms. The van der Waals surface area contributed by atoms with E-state index < -0.39 is 0 Å². The van der Waals surface area contributed by atoms with Crippen LogP contribution in [0.1, 0.15) is 72.4 Å². The van der Waals surface area contributed by atoms with Crippen molar-refractivity contribution in [2.75, 3.05) is 39.6 Å². The predicted molar refractivity (Wildman–Crippen MR) is 133 cm³/mol. The Hall–Kier alpha value is -2.70. The van der Waals surface area contributed by atoms with Crippen LogP contribution in [0.2, 0.25) is 0 Å². The first-order valence-electron chi connectivity index (χ1n) is 12.4. The lowest BCUT2D eigenvalue weighted by Crippen LogP contribution is -2.46. The standard InChI is InChI=1S/C29H36O6/c1-5-28(15-32-16-28)19-34-25(30)21-7-11-23(12-8-21)27(3,4)24-13-9-22(10-14-24)26(31)35-20-29(6-2)17-33-18-29/h7-14H,5-6,15-20H2,1-4H3. The molecule has 2 aliphatic heterocycles. The first kappa shape index (κ1) is 25.4. The second kappa shape index (κ2) is 10.1. The molecule has 2 aromatic rings. The van der Waals surface area contributed by atoms with E-state index >= 15 is 0 Å². The van der Waals surface area contributed by atoms with Crippen molar-refractivity contribution in [2.24, 2.45) is 10.8 Å². The Labute approximate surface area is 207 Å². The van der Waals surface area contributed by atoms with Gasteiger partial charge in [0.1, 0.15) is 13.2 Å². The summed E-state index contributed by atoms with van der Waals surface area (Å²) in [5.41, 5.74) is 2.84. The van der Waals surface area contributed by atoms with Gasteiger partial charge >= 0.3 is 11.9 Å². The third-order valence-corrected chi connectivity index (χ3v) is 7.84. The van der Waals surface area contributed by atoms with Crippen molar-refractivity contribution in [3.05, 3.63) is 70.8 Å². The van der Waals surface area contributed by atoms with Crippen LogP contribution < -0.4 is 0 Å². The summed E-state index contributed by atoms with van der Waals surface area (Å²) in [7, 11) is 0. The Morgan fingerprint density at radius 2 is 1.06 bits per heavy atom. The summed E-state index contributed by atoms with van der Waals surface area (Å²) in [5, 5.41) is 0. The fourth-order valence-corrected chi connectivity index (χ4v) is 4.38. The van der Waals surface area contributed by atoms with Gasteiger partial charge in [-0.1, -0.05) is 52.0 Å². The number of hydrogen-bond donors (Lipinski definition) is 0. The van der Waals surface area contributed by atoms with Crippen LogP contribution in [0.5, 0.6) is 0 Å². The summed E-state index contributed by atoms with van der Waals surface area (Å²) in [6, 6.07) is 15.1. The molecule has 0 N–H and O–H groups in total. The minimum Gasteiger partial charge on any atom is -0.461 e. The number of rotatable bonds is 10. The fraction of sp³-hybridized carbons (Fsp3) is 0.517. The first-order valence-corrected chi connectivity index (χ1v) is 12.4. The van der Waals surface area contributed by atoms with Gasteiger partial charge in [-0.25, -0.2) is 9.59 Å². The van der Waals surface area contributed by atoms with E-state index in [1.807, 2.05) is 48.5 Å². The third-order valence-electron chi connectivity index (χ3n) is 7.84. The second-order valence-electron chi connectivity index (χ2n) is 10.6. The molecule has 0 amide bonds. The zero-order valence-electron chi connectivity index (χ0n) is 21.2. The minimum absolute atomic E-state index is 0.0286. The minimum atomic E-state index is -0.310. The van der Waals surface area contributed by atoms with Crippen LogP contribution >= 0.6 is 0 Å². The molecule has 0 aromatic heterocycles.